The zero-order valence-corrected chi connectivity index (χ0v) is 17.7. The van der Waals surface area contributed by atoms with Crippen molar-refractivity contribution in [2.24, 2.45) is 5.41 Å². The molecule has 0 fully saturated rings. The van der Waals surface area contributed by atoms with Gasteiger partial charge in [-0.1, -0.05) is 27.2 Å². The van der Waals surface area contributed by atoms with Crippen LogP contribution in [0.15, 0.2) is 18.2 Å². The highest BCUT2D eigenvalue weighted by Crippen LogP contribution is 2.29. The molecule has 1 aliphatic heterocycles. The van der Waals surface area contributed by atoms with Crippen LogP contribution < -0.4 is 5.32 Å². The topological polar surface area (TPSA) is 73.2 Å². The number of esters is 1. The van der Waals surface area contributed by atoms with Crippen LogP contribution in [0.3, 0.4) is 0 Å². The van der Waals surface area contributed by atoms with Gasteiger partial charge in [0.25, 0.3) is 5.91 Å². The molecule has 0 radical (unpaired) electrons. The van der Waals surface area contributed by atoms with Gasteiger partial charge in [-0.2, -0.15) is 0 Å². The van der Waals surface area contributed by atoms with Gasteiger partial charge < -0.3 is 14.6 Å². The Labute approximate surface area is 174 Å². The van der Waals surface area contributed by atoms with Crippen molar-refractivity contribution < 1.29 is 23.1 Å². The molecule has 0 saturated heterocycles. The molecule has 6 nitrogen and oxygen atoms in total. The Kier molecular flexibility index (Phi) is 6.24. The fraction of sp³-hybridized carbons (Fsp3) is 0.500. The van der Waals surface area contributed by atoms with Crippen molar-refractivity contribution in [2.45, 2.75) is 59.0 Å². The van der Waals surface area contributed by atoms with Gasteiger partial charge in [0.15, 0.2) is 11.6 Å². The van der Waals surface area contributed by atoms with Gasteiger partial charge in [0.05, 0.1) is 12.8 Å². The molecule has 0 bridgehead atoms. The van der Waals surface area contributed by atoms with Crippen LogP contribution in [-0.4, -0.2) is 34.6 Å². The summed E-state index contributed by atoms with van der Waals surface area (Å²) in [5, 5.41) is 2.76. The Morgan fingerprint density at radius 1 is 1.17 bits per heavy atom. The molecule has 0 aliphatic carbocycles. The molecule has 2 heterocycles. The first-order valence-electron chi connectivity index (χ1n) is 10.1. The predicted octanol–water partition coefficient (Wildman–Crippen LogP) is 3.87. The highest BCUT2D eigenvalue weighted by atomic mass is 19.2. The molecule has 0 unspecified atom stereocenters. The average Bonchev–Trinajstić information content (AvgIpc) is 2.88. The van der Waals surface area contributed by atoms with E-state index in [1.807, 2.05) is 25.3 Å². The van der Waals surface area contributed by atoms with E-state index in [1.54, 1.807) is 0 Å². The van der Waals surface area contributed by atoms with E-state index in [4.69, 9.17) is 4.74 Å². The normalized spacial score (nSPS) is 15.1. The van der Waals surface area contributed by atoms with Crippen LogP contribution in [0.5, 0.6) is 0 Å². The Balaban J connectivity index is 2.04. The molecule has 0 saturated carbocycles. The molecule has 8 heteroatoms. The predicted molar refractivity (Wildman–Crippen MR) is 108 cm³/mol. The standard InChI is InChI=1S/C22H27F2N3O3/c1-22(2,3)18(21(29)30-4)26-20(28)17-16-8-6-5-7-11-27(16)19(25-17)13-9-10-14(23)15(24)12-13/h9-10,12,18H,5-8,11H2,1-4H3,(H,26,28)/t18-/m1/s1. The third-order valence-corrected chi connectivity index (χ3v) is 5.34. The molecule has 1 aliphatic rings. The highest BCUT2D eigenvalue weighted by molar-refractivity contribution is 5.97. The van der Waals surface area contributed by atoms with Crippen LogP contribution in [0.25, 0.3) is 11.4 Å². The second-order valence-electron chi connectivity index (χ2n) is 8.62. The van der Waals surface area contributed by atoms with Crippen molar-refractivity contribution in [2.75, 3.05) is 7.11 Å². The minimum atomic E-state index is -0.969. The van der Waals surface area contributed by atoms with Gasteiger partial charge in [-0.15, -0.1) is 0 Å². The number of fused-ring (bicyclic) bond motifs is 1. The number of halogens is 2. The SMILES string of the molecule is COC(=O)[C@@H](NC(=O)c1nc(-c2ccc(F)c(F)c2)n2c1CCCCC2)C(C)(C)C. The minimum Gasteiger partial charge on any atom is -0.467 e. The molecular weight excluding hydrogens is 392 g/mol. The van der Waals surface area contributed by atoms with E-state index >= 15 is 0 Å². The Morgan fingerprint density at radius 2 is 1.90 bits per heavy atom. The number of ether oxygens (including phenoxy) is 1. The second-order valence-corrected chi connectivity index (χ2v) is 8.62. The molecule has 162 valence electrons. The van der Waals surface area contributed by atoms with Crippen LogP contribution in [0.4, 0.5) is 8.78 Å². The monoisotopic (exact) mass is 419 g/mol. The van der Waals surface area contributed by atoms with Crippen LogP contribution in [-0.2, 0) is 22.5 Å². The first-order valence-corrected chi connectivity index (χ1v) is 10.1. The number of methoxy groups -OCH3 is 1. The fourth-order valence-electron chi connectivity index (χ4n) is 3.70. The lowest BCUT2D eigenvalue weighted by Crippen LogP contribution is -2.49. The summed E-state index contributed by atoms with van der Waals surface area (Å²) < 4.78 is 34.0. The van der Waals surface area contributed by atoms with Gasteiger partial charge in [-0.25, -0.2) is 18.6 Å². The number of aromatic nitrogens is 2. The largest absolute Gasteiger partial charge is 0.467 e. The number of imidazole rings is 1. The quantitative estimate of drug-likeness (QED) is 0.764. The summed E-state index contributed by atoms with van der Waals surface area (Å²) in [5.41, 5.74) is 0.774. The molecule has 30 heavy (non-hydrogen) atoms. The highest BCUT2D eigenvalue weighted by Gasteiger charge is 2.35. The average molecular weight is 419 g/mol. The molecule has 0 spiro atoms. The smallest absolute Gasteiger partial charge is 0.328 e. The maximum Gasteiger partial charge on any atom is 0.328 e. The van der Waals surface area contributed by atoms with E-state index < -0.39 is 35.0 Å². The van der Waals surface area contributed by atoms with E-state index in [9.17, 15) is 18.4 Å². The van der Waals surface area contributed by atoms with Crippen molar-refractivity contribution >= 4 is 11.9 Å². The third-order valence-electron chi connectivity index (χ3n) is 5.34. The summed E-state index contributed by atoms with van der Waals surface area (Å²) in [6, 6.07) is 2.73. The fourth-order valence-corrected chi connectivity index (χ4v) is 3.70. The lowest BCUT2D eigenvalue weighted by molar-refractivity contribution is -0.145. The number of hydrogen-bond acceptors (Lipinski definition) is 4. The van der Waals surface area contributed by atoms with E-state index in [1.165, 1.54) is 13.2 Å². The number of benzene rings is 1. The Bertz CT molecular complexity index is 963. The number of carbonyl (C=O) groups is 2. The van der Waals surface area contributed by atoms with Crippen LogP contribution >= 0.6 is 0 Å². The summed E-state index contributed by atoms with van der Waals surface area (Å²) in [5.74, 6) is -2.52. The first-order chi connectivity index (χ1) is 14.1. The van der Waals surface area contributed by atoms with Crippen LogP contribution in [0.1, 0.15) is 56.2 Å². The summed E-state index contributed by atoms with van der Waals surface area (Å²) in [6.45, 7) is 6.11. The molecule has 1 amide bonds. The van der Waals surface area contributed by atoms with Gasteiger partial charge in [-0.05, 0) is 42.9 Å². The minimum absolute atomic E-state index is 0.204. The molecule has 3 rings (SSSR count). The number of rotatable bonds is 4. The Hall–Kier alpha value is -2.77. The van der Waals surface area contributed by atoms with Gasteiger partial charge in [0.1, 0.15) is 17.6 Å². The van der Waals surface area contributed by atoms with E-state index in [2.05, 4.69) is 10.3 Å². The van der Waals surface area contributed by atoms with Crippen molar-refractivity contribution in [1.29, 1.82) is 0 Å². The number of nitrogens with one attached hydrogen (secondary N) is 1. The molecular formula is C22H27F2N3O3. The van der Waals surface area contributed by atoms with Gasteiger partial charge in [0.2, 0.25) is 0 Å². The van der Waals surface area contributed by atoms with Gasteiger partial charge in [-0.3, -0.25) is 4.79 Å². The van der Waals surface area contributed by atoms with Crippen LogP contribution in [0, 0.1) is 17.0 Å². The number of carbonyl (C=O) groups excluding carboxylic acids is 2. The maximum absolute atomic E-state index is 13.8. The Morgan fingerprint density at radius 3 is 2.53 bits per heavy atom. The summed E-state index contributed by atoms with van der Waals surface area (Å²) >= 11 is 0. The number of hydrogen-bond donors (Lipinski definition) is 1. The van der Waals surface area contributed by atoms with Crippen molar-refractivity contribution in [3.63, 3.8) is 0 Å². The summed E-state index contributed by atoms with van der Waals surface area (Å²) in [4.78, 5) is 29.9. The lowest BCUT2D eigenvalue weighted by Gasteiger charge is -2.28. The molecule has 1 aromatic carbocycles. The zero-order valence-electron chi connectivity index (χ0n) is 17.7. The number of nitrogens with zero attached hydrogens (tertiary/aromatic N) is 2. The molecule has 2 aromatic rings. The third kappa shape index (κ3) is 4.37. The lowest BCUT2D eigenvalue weighted by atomic mass is 9.86. The summed E-state index contributed by atoms with van der Waals surface area (Å²) in [6.07, 6.45) is 3.42. The van der Waals surface area contributed by atoms with Crippen LogP contribution in [0.2, 0.25) is 0 Å². The molecule has 1 N–H and O–H groups in total. The van der Waals surface area contributed by atoms with Crippen molar-refractivity contribution in [1.82, 2.24) is 14.9 Å². The van der Waals surface area contributed by atoms with Gasteiger partial charge in [0, 0.05) is 12.1 Å². The van der Waals surface area contributed by atoms with E-state index in [0.717, 1.165) is 37.1 Å². The van der Waals surface area contributed by atoms with Gasteiger partial charge >= 0.3 is 5.97 Å². The molecule has 1 atom stereocenters. The molecule has 1 aromatic heterocycles. The maximum atomic E-state index is 13.8. The van der Waals surface area contributed by atoms with E-state index in [0.29, 0.717) is 24.4 Å². The number of amides is 1. The summed E-state index contributed by atoms with van der Waals surface area (Å²) in [7, 11) is 1.27. The van der Waals surface area contributed by atoms with E-state index in [-0.39, 0.29) is 5.69 Å². The first kappa shape index (κ1) is 21.9. The van der Waals surface area contributed by atoms with Crippen molar-refractivity contribution in [3.8, 4) is 11.4 Å². The second kappa shape index (κ2) is 8.53. The van der Waals surface area contributed by atoms with Crippen molar-refractivity contribution in [3.05, 3.63) is 41.2 Å². The zero-order chi connectivity index (χ0) is 22.1.